The van der Waals surface area contributed by atoms with Gasteiger partial charge in [0.05, 0.1) is 34.7 Å². The maximum atomic E-state index is 12.6. The summed E-state index contributed by atoms with van der Waals surface area (Å²) in [6.07, 6.45) is 3.56. The number of carbonyl (C=O) groups is 2. The fourth-order valence-electron chi connectivity index (χ4n) is 5.39. The Balaban J connectivity index is 1.36. The SMILES string of the molecule is CCS(=O)(=O)c1ccc(CC(=O)Nc2nc3c(s2)CN(C[C@H]2CC[C@@H](C(=O)O)CC2)[C@H]3C(C)C)cc1. The Morgan fingerprint density at radius 3 is 2.42 bits per heavy atom. The third-order valence-corrected chi connectivity index (χ3v) is 10.1. The number of nitrogens with zero attached hydrogens (tertiary/aromatic N) is 2. The molecule has 196 valence electrons. The number of carboxylic acid groups (broad SMARTS) is 1. The molecule has 2 heterocycles. The van der Waals surface area contributed by atoms with Crippen LogP contribution in [0.3, 0.4) is 0 Å². The molecule has 0 radical (unpaired) electrons. The lowest BCUT2D eigenvalue weighted by Gasteiger charge is -2.34. The van der Waals surface area contributed by atoms with Gasteiger partial charge in [0.15, 0.2) is 15.0 Å². The monoisotopic (exact) mass is 533 g/mol. The summed E-state index contributed by atoms with van der Waals surface area (Å²) >= 11 is 1.52. The standard InChI is InChI=1S/C26H35N3O5S2/c1-4-36(33,34)20-11-7-17(8-12-20)13-22(30)27-26-28-23-21(35-26)15-29(24(23)16(2)3)14-18-5-9-19(10-6-18)25(31)32/h7-8,11-12,16,18-19,24H,4-6,9-10,13-15H2,1-3H3,(H,31,32)(H,27,28,30)/t18-,19+,24-/m0/s1. The van der Waals surface area contributed by atoms with Gasteiger partial charge in [-0.1, -0.05) is 32.9 Å². The highest BCUT2D eigenvalue weighted by atomic mass is 32.2. The molecule has 1 fully saturated rings. The van der Waals surface area contributed by atoms with Crippen molar-refractivity contribution < 1.29 is 23.1 Å². The van der Waals surface area contributed by atoms with E-state index in [1.165, 1.54) is 16.2 Å². The molecule has 1 saturated carbocycles. The summed E-state index contributed by atoms with van der Waals surface area (Å²) in [7, 11) is -3.26. The van der Waals surface area contributed by atoms with Gasteiger partial charge in [-0.25, -0.2) is 13.4 Å². The van der Waals surface area contributed by atoms with Crippen molar-refractivity contribution in [3.05, 3.63) is 40.4 Å². The zero-order chi connectivity index (χ0) is 26.0. The van der Waals surface area contributed by atoms with Gasteiger partial charge in [-0.3, -0.25) is 14.5 Å². The van der Waals surface area contributed by atoms with Crippen molar-refractivity contribution in [3.8, 4) is 0 Å². The van der Waals surface area contributed by atoms with Crippen LogP contribution in [-0.4, -0.2) is 47.6 Å². The topological polar surface area (TPSA) is 117 Å². The number of aromatic nitrogens is 1. The van der Waals surface area contributed by atoms with E-state index in [0.717, 1.165) is 50.0 Å². The molecule has 0 saturated heterocycles. The maximum absolute atomic E-state index is 12.6. The van der Waals surface area contributed by atoms with Crippen LogP contribution in [-0.2, 0) is 32.4 Å². The van der Waals surface area contributed by atoms with Crippen LogP contribution in [0, 0.1) is 17.8 Å². The highest BCUT2D eigenvalue weighted by molar-refractivity contribution is 7.91. The Hall–Kier alpha value is -2.30. The fourth-order valence-corrected chi connectivity index (χ4v) is 7.31. The van der Waals surface area contributed by atoms with Gasteiger partial charge < -0.3 is 10.4 Å². The number of hydrogen-bond acceptors (Lipinski definition) is 7. The molecule has 8 nitrogen and oxygen atoms in total. The average molecular weight is 534 g/mol. The minimum atomic E-state index is -3.26. The Bertz CT molecular complexity index is 1200. The second kappa shape index (κ2) is 11.0. The van der Waals surface area contributed by atoms with E-state index in [9.17, 15) is 23.1 Å². The summed E-state index contributed by atoms with van der Waals surface area (Å²) in [4.78, 5) is 32.6. The number of sulfone groups is 1. The largest absolute Gasteiger partial charge is 0.481 e. The molecule has 1 aliphatic carbocycles. The molecule has 2 aromatic rings. The first-order valence-corrected chi connectivity index (χ1v) is 15.1. The van der Waals surface area contributed by atoms with E-state index in [2.05, 4.69) is 24.1 Å². The first-order valence-electron chi connectivity index (χ1n) is 12.6. The molecule has 10 heteroatoms. The van der Waals surface area contributed by atoms with Gasteiger partial charge in [0.2, 0.25) is 5.91 Å². The molecule has 0 spiro atoms. The number of carbonyl (C=O) groups excluding carboxylic acids is 1. The number of aliphatic carboxylic acids is 1. The summed E-state index contributed by atoms with van der Waals surface area (Å²) in [5.74, 6) is -0.127. The lowest BCUT2D eigenvalue weighted by Crippen LogP contribution is -2.33. The van der Waals surface area contributed by atoms with E-state index in [-0.39, 0.29) is 34.9 Å². The molecule has 0 unspecified atom stereocenters. The first-order chi connectivity index (χ1) is 17.1. The minimum absolute atomic E-state index is 0.0438. The highest BCUT2D eigenvalue weighted by Gasteiger charge is 2.38. The fraction of sp³-hybridized carbons (Fsp3) is 0.577. The van der Waals surface area contributed by atoms with E-state index in [1.807, 2.05) is 0 Å². The van der Waals surface area contributed by atoms with Crippen LogP contribution in [0.5, 0.6) is 0 Å². The van der Waals surface area contributed by atoms with Gasteiger partial charge in [-0.2, -0.15) is 0 Å². The second-order valence-electron chi connectivity index (χ2n) is 10.3. The van der Waals surface area contributed by atoms with Gasteiger partial charge in [-0.15, -0.1) is 11.3 Å². The smallest absolute Gasteiger partial charge is 0.306 e. The van der Waals surface area contributed by atoms with Gasteiger partial charge in [0, 0.05) is 18.0 Å². The van der Waals surface area contributed by atoms with E-state index >= 15 is 0 Å². The van der Waals surface area contributed by atoms with Crippen molar-refractivity contribution >= 4 is 38.2 Å². The third-order valence-electron chi connectivity index (χ3n) is 7.34. The number of rotatable bonds is 9. The Labute approximate surface area is 217 Å². The number of carboxylic acids is 1. The van der Waals surface area contributed by atoms with Crippen LogP contribution in [0.2, 0.25) is 0 Å². The van der Waals surface area contributed by atoms with Crippen LogP contribution in [0.25, 0.3) is 0 Å². The van der Waals surface area contributed by atoms with Crippen LogP contribution >= 0.6 is 11.3 Å². The van der Waals surface area contributed by atoms with E-state index in [0.29, 0.717) is 17.0 Å². The molecule has 1 aromatic carbocycles. The summed E-state index contributed by atoms with van der Waals surface area (Å²) in [5, 5.41) is 12.8. The van der Waals surface area contributed by atoms with Crippen LogP contribution < -0.4 is 5.32 Å². The lowest BCUT2D eigenvalue weighted by atomic mass is 9.81. The van der Waals surface area contributed by atoms with E-state index in [4.69, 9.17) is 4.98 Å². The summed E-state index contributed by atoms with van der Waals surface area (Å²) in [6.45, 7) is 7.74. The van der Waals surface area contributed by atoms with Crippen molar-refractivity contribution in [1.82, 2.24) is 9.88 Å². The molecular weight excluding hydrogens is 498 g/mol. The molecule has 0 bridgehead atoms. The number of anilines is 1. The average Bonchev–Trinajstić information content (AvgIpc) is 3.35. The number of fused-ring (bicyclic) bond motifs is 1. The molecule has 1 amide bonds. The van der Waals surface area contributed by atoms with Crippen molar-refractivity contribution in [3.63, 3.8) is 0 Å². The van der Waals surface area contributed by atoms with E-state index in [1.54, 1.807) is 31.2 Å². The van der Waals surface area contributed by atoms with Crippen molar-refractivity contribution in [2.45, 2.75) is 70.4 Å². The highest BCUT2D eigenvalue weighted by Crippen LogP contribution is 2.43. The minimum Gasteiger partial charge on any atom is -0.481 e. The van der Waals surface area contributed by atoms with Crippen LogP contribution in [0.1, 0.15) is 68.6 Å². The quantitative estimate of drug-likeness (QED) is 0.487. The number of benzene rings is 1. The molecule has 1 aliphatic heterocycles. The third kappa shape index (κ3) is 5.98. The number of nitrogens with one attached hydrogen (secondary N) is 1. The van der Waals surface area contributed by atoms with Crippen molar-refractivity contribution in [1.29, 1.82) is 0 Å². The second-order valence-corrected chi connectivity index (χ2v) is 13.6. The van der Waals surface area contributed by atoms with Crippen molar-refractivity contribution in [2.24, 2.45) is 17.8 Å². The maximum Gasteiger partial charge on any atom is 0.306 e. The number of hydrogen-bond donors (Lipinski definition) is 2. The lowest BCUT2D eigenvalue weighted by molar-refractivity contribution is -0.143. The zero-order valence-electron chi connectivity index (χ0n) is 21.1. The normalized spacial score (nSPS) is 22.5. The van der Waals surface area contributed by atoms with E-state index < -0.39 is 15.8 Å². The molecule has 1 atom stereocenters. The number of amides is 1. The molecule has 4 rings (SSSR count). The Morgan fingerprint density at radius 1 is 1.17 bits per heavy atom. The molecule has 1 aromatic heterocycles. The van der Waals surface area contributed by atoms with Gasteiger partial charge in [-0.05, 0) is 55.2 Å². The predicted octanol–water partition coefficient (Wildman–Crippen LogP) is 4.52. The Morgan fingerprint density at radius 2 is 1.83 bits per heavy atom. The summed E-state index contributed by atoms with van der Waals surface area (Å²) in [5.41, 5.74) is 1.79. The molecular formula is C26H35N3O5S2. The van der Waals surface area contributed by atoms with Gasteiger partial charge in [0.1, 0.15) is 0 Å². The summed E-state index contributed by atoms with van der Waals surface area (Å²) < 4.78 is 24.0. The number of thiazole rings is 1. The molecule has 2 N–H and O–H groups in total. The first kappa shape index (κ1) is 26.8. The van der Waals surface area contributed by atoms with Crippen molar-refractivity contribution in [2.75, 3.05) is 17.6 Å². The van der Waals surface area contributed by atoms with Crippen LogP contribution in [0.15, 0.2) is 29.2 Å². The molecule has 36 heavy (non-hydrogen) atoms. The Kier molecular flexibility index (Phi) is 8.16. The summed E-state index contributed by atoms with van der Waals surface area (Å²) in [6, 6.07) is 6.65. The zero-order valence-corrected chi connectivity index (χ0v) is 22.7. The predicted molar refractivity (Wildman–Crippen MR) is 140 cm³/mol. The molecule has 2 aliphatic rings. The van der Waals surface area contributed by atoms with Crippen LogP contribution in [0.4, 0.5) is 5.13 Å². The van der Waals surface area contributed by atoms with Gasteiger partial charge >= 0.3 is 5.97 Å². The van der Waals surface area contributed by atoms with Gasteiger partial charge in [0.25, 0.3) is 0 Å².